The van der Waals surface area contributed by atoms with Crippen LogP contribution in [0.1, 0.15) is 26.2 Å². The quantitative estimate of drug-likeness (QED) is 0.495. The van der Waals surface area contributed by atoms with Crippen LogP contribution in [0.15, 0.2) is 0 Å². The molecule has 1 rings (SSSR count). The lowest BCUT2D eigenvalue weighted by Crippen LogP contribution is -2.39. The minimum Gasteiger partial charge on any atom is -0.468 e. The van der Waals surface area contributed by atoms with Crippen LogP contribution >= 0.6 is 0 Å². The summed E-state index contributed by atoms with van der Waals surface area (Å²) in [5.74, 6) is -0.560. The monoisotopic (exact) mass is 200 g/mol. The van der Waals surface area contributed by atoms with Crippen LogP contribution in [0, 0.1) is 11.3 Å². The topological polar surface area (TPSA) is 52.6 Å². The van der Waals surface area contributed by atoms with Crippen LogP contribution in [-0.4, -0.2) is 26.2 Å². The van der Waals surface area contributed by atoms with E-state index >= 15 is 0 Å². The third kappa shape index (κ3) is 1.61. The van der Waals surface area contributed by atoms with Crippen LogP contribution in [0.2, 0.25) is 0 Å². The molecule has 0 amide bonds. The molecule has 0 N–H and O–H groups in total. The molecule has 1 fully saturated rings. The highest BCUT2D eigenvalue weighted by Gasteiger charge is 2.52. The van der Waals surface area contributed by atoms with Crippen molar-refractivity contribution in [1.82, 2.24) is 0 Å². The van der Waals surface area contributed by atoms with Gasteiger partial charge >= 0.3 is 11.9 Å². The maximum absolute atomic E-state index is 11.6. The van der Waals surface area contributed by atoms with Crippen LogP contribution in [0.4, 0.5) is 0 Å². The van der Waals surface area contributed by atoms with Crippen molar-refractivity contribution < 1.29 is 19.1 Å². The first-order valence-corrected chi connectivity index (χ1v) is 4.73. The molecule has 0 bridgehead atoms. The summed E-state index contributed by atoms with van der Waals surface area (Å²) in [7, 11) is 2.60. The molecule has 0 aromatic rings. The van der Waals surface area contributed by atoms with Crippen LogP contribution in [0.3, 0.4) is 0 Å². The molecule has 1 atom stereocenters. The smallest absolute Gasteiger partial charge is 0.323 e. The molecule has 0 saturated heterocycles. The second-order valence-electron chi connectivity index (χ2n) is 3.91. The fourth-order valence-corrected chi connectivity index (χ4v) is 2.14. The Balaban J connectivity index is 2.91. The molecule has 1 aliphatic rings. The summed E-state index contributed by atoms with van der Waals surface area (Å²) in [6.45, 7) is 2.02. The molecular weight excluding hydrogens is 184 g/mol. The van der Waals surface area contributed by atoms with Gasteiger partial charge in [0.05, 0.1) is 14.2 Å². The molecule has 4 heteroatoms. The van der Waals surface area contributed by atoms with E-state index in [1.165, 1.54) is 14.2 Å². The summed E-state index contributed by atoms with van der Waals surface area (Å²) < 4.78 is 9.34. The summed E-state index contributed by atoms with van der Waals surface area (Å²) in [4.78, 5) is 23.1. The molecule has 0 aromatic carbocycles. The number of rotatable bonds is 2. The minimum atomic E-state index is -1.04. The molecule has 0 aliphatic heterocycles. The summed E-state index contributed by atoms with van der Waals surface area (Å²) in [6, 6.07) is 0. The second-order valence-corrected chi connectivity index (χ2v) is 3.91. The lowest BCUT2D eigenvalue weighted by molar-refractivity contribution is -0.168. The van der Waals surface area contributed by atoms with Gasteiger partial charge in [-0.25, -0.2) is 0 Å². The zero-order valence-corrected chi connectivity index (χ0v) is 8.83. The van der Waals surface area contributed by atoms with E-state index in [1.54, 1.807) is 0 Å². The number of carbonyl (C=O) groups is 2. The molecule has 1 aliphatic carbocycles. The van der Waals surface area contributed by atoms with E-state index in [0.717, 1.165) is 6.42 Å². The molecule has 1 saturated carbocycles. The van der Waals surface area contributed by atoms with Gasteiger partial charge in [-0.2, -0.15) is 0 Å². The van der Waals surface area contributed by atoms with Gasteiger partial charge in [-0.3, -0.25) is 9.59 Å². The molecule has 0 spiro atoms. The molecule has 14 heavy (non-hydrogen) atoms. The van der Waals surface area contributed by atoms with Gasteiger partial charge in [0.15, 0.2) is 5.41 Å². The van der Waals surface area contributed by atoms with Crippen LogP contribution in [-0.2, 0) is 19.1 Å². The van der Waals surface area contributed by atoms with Gasteiger partial charge in [0, 0.05) is 0 Å². The third-order valence-corrected chi connectivity index (χ3v) is 2.91. The fourth-order valence-electron chi connectivity index (χ4n) is 2.14. The first-order valence-electron chi connectivity index (χ1n) is 4.73. The number of esters is 2. The van der Waals surface area contributed by atoms with Crippen molar-refractivity contribution >= 4 is 11.9 Å². The number of hydrogen-bond donors (Lipinski definition) is 0. The lowest BCUT2D eigenvalue weighted by Gasteiger charge is -2.22. The zero-order chi connectivity index (χ0) is 10.8. The summed E-state index contributed by atoms with van der Waals surface area (Å²) in [6.07, 6.45) is 1.93. The lowest BCUT2D eigenvalue weighted by atomic mass is 9.85. The van der Waals surface area contributed by atoms with Gasteiger partial charge in [0.25, 0.3) is 0 Å². The minimum absolute atomic E-state index is 0.369. The summed E-state index contributed by atoms with van der Waals surface area (Å²) >= 11 is 0. The SMILES string of the molecule is COC(=O)C1(C(=O)OC)CCC(C)C1. The first-order chi connectivity index (χ1) is 6.56. The second kappa shape index (κ2) is 3.98. The highest BCUT2D eigenvalue weighted by atomic mass is 16.5. The van der Waals surface area contributed by atoms with Crippen molar-refractivity contribution in [2.24, 2.45) is 11.3 Å². The molecule has 0 radical (unpaired) electrons. The highest BCUT2D eigenvalue weighted by molar-refractivity contribution is 6.00. The fraction of sp³-hybridized carbons (Fsp3) is 0.800. The molecule has 0 heterocycles. The molecule has 1 unspecified atom stereocenters. The zero-order valence-electron chi connectivity index (χ0n) is 8.83. The van der Waals surface area contributed by atoms with E-state index in [2.05, 4.69) is 9.47 Å². The van der Waals surface area contributed by atoms with Gasteiger partial charge < -0.3 is 9.47 Å². The van der Waals surface area contributed by atoms with Gasteiger partial charge in [-0.1, -0.05) is 6.92 Å². The number of ether oxygens (including phenoxy) is 2. The molecular formula is C10H16O4. The Kier molecular flexibility index (Phi) is 3.13. The maximum Gasteiger partial charge on any atom is 0.323 e. The number of methoxy groups -OCH3 is 2. The van der Waals surface area contributed by atoms with Crippen molar-refractivity contribution in [1.29, 1.82) is 0 Å². The van der Waals surface area contributed by atoms with E-state index < -0.39 is 17.4 Å². The van der Waals surface area contributed by atoms with Crippen molar-refractivity contribution in [3.63, 3.8) is 0 Å². The average Bonchev–Trinajstić information content (AvgIpc) is 2.59. The van der Waals surface area contributed by atoms with Crippen molar-refractivity contribution in [3.05, 3.63) is 0 Å². The first kappa shape index (κ1) is 11.0. The Morgan fingerprint density at radius 1 is 1.21 bits per heavy atom. The average molecular weight is 200 g/mol. The summed E-state index contributed by atoms with van der Waals surface area (Å²) in [5.41, 5.74) is -1.04. The normalized spacial score (nSPS) is 24.4. The van der Waals surface area contributed by atoms with Crippen LogP contribution in [0.25, 0.3) is 0 Å². The van der Waals surface area contributed by atoms with Gasteiger partial charge in [0.1, 0.15) is 0 Å². The van der Waals surface area contributed by atoms with Crippen LogP contribution in [0.5, 0.6) is 0 Å². The Morgan fingerprint density at radius 2 is 1.71 bits per heavy atom. The molecule has 0 aromatic heterocycles. The number of carbonyl (C=O) groups excluding carboxylic acids is 2. The Labute approximate surface area is 83.6 Å². The van der Waals surface area contributed by atoms with E-state index in [1.807, 2.05) is 6.92 Å². The van der Waals surface area contributed by atoms with E-state index in [-0.39, 0.29) is 0 Å². The number of hydrogen-bond acceptors (Lipinski definition) is 4. The molecule has 4 nitrogen and oxygen atoms in total. The van der Waals surface area contributed by atoms with Crippen molar-refractivity contribution in [2.45, 2.75) is 26.2 Å². The Morgan fingerprint density at radius 3 is 2.00 bits per heavy atom. The van der Waals surface area contributed by atoms with E-state index in [0.29, 0.717) is 18.8 Å². The Bertz CT molecular complexity index is 231. The largest absolute Gasteiger partial charge is 0.468 e. The summed E-state index contributed by atoms with van der Waals surface area (Å²) in [5, 5.41) is 0. The third-order valence-electron chi connectivity index (χ3n) is 2.91. The standard InChI is InChI=1S/C10H16O4/c1-7-4-5-10(6-7,8(11)13-2)9(12)14-3/h7H,4-6H2,1-3H3. The van der Waals surface area contributed by atoms with Crippen molar-refractivity contribution in [3.8, 4) is 0 Å². The van der Waals surface area contributed by atoms with Crippen LogP contribution < -0.4 is 0 Å². The van der Waals surface area contributed by atoms with Crippen molar-refractivity contribution in [2.75, 3.05) is 14.2 Å². The Hall–Kier alpha value is -1.06. The van der Waals surface area contributed by atoms with Gasteiger partial charge in [-0.05, 0) is 25.2 Å². The highest BCUT2D eigenvalue weighted by Crippen LogP contribution is 2.43. The predicted molar refractivity (Wildman–Crippen MR) is 49.5 cm³/mol. The van der Waals surface area contributed by atoms with E-state index in [4.69, 9.17) is 0 Å². The van der Waals surface area contributed by atoms with E-state index in [9.17, 15) is 9.59 Å². The predicted octanol–water partition coefficient (Wildman–Crippen LogP) is 1.14. The van der Waals surface area contributed by atoms with Gasteiger partial charge in [0.2, 0.25) is 0 Å². The molecule has 80 valence electrons. The maximum atomic E-state index is 11.6. The van der Waals surface area contributed by atoms with Gasteiger partial charge in [-0.15, -0.1) is 0 Å².